The highest BCUT2D eigenvalue weighted by molar-refractivity contribution is 7.11. The number of esters is 1. The highest BCUT2D eigenvalue weighted by atomic mass is 32.1. The molecule has 0 saturated carbocycles. The lowest BCUT2D eigenvalue weighted by Crippen LogP contribution is -2.25. The first kappa shape index (κ1) is 11.3. The molecule has 0 unspecified atom stereocenters. The lowest BCUT2D eigenvalue weighted by Gasteiger charge is -2.29. The van der Waals surface area contributed by atoms with Crippen molar-refractivity contribution in [1.29, 1.82) is 0 Å². The Morgan fingerprint density at radius 1 is 1.50 bits per heavy atom. The molecule has 4 heteroatoms. The van der Waals surface area contributed by atoms with Crippen LogP contribution in [0, 0.1) is 0 Å². The first-order valence-corrected chi connectivity index (χ1v) is 6.80. The van der Waals surface area contributed by atoms with Crippen LogP contribution >= 0.6 is 11.3 Å². The molecule has 3 heterocycles. The second-order valence-electron chi connectivity index (χ2n) is 4.06. The van der Waals surface area contributed by atoms with Crippen LogP contribution in [0.15, 0.2) is 35.4 Å². The summed E-state index contributed by atoms with van der Waals surface area (Å²) in [5, 5.41) is 2.05. The Balaban J connectivity index is 2.13. The third kappa shape index (κ3) is 1.69. The molecule has 0 aromatic carbocycles. The quantitative estimate of drug-likeness (QED) is 0.765. The summed E-state index contributed by atoms with van der Waals surface area (Å²) in [7, 11) is 0. The van der Waals surface area contributed by atoms with Crippen LogP contribution in [0.4, 0.5) is 0 Å². The molecule has 0 aliphatic carbocycles. The topological polar surface area (TPSA) is 29.5 Å². The molecule has 1 aromatic rings. The third-order valence-electron chi connectivity index (χ3n) is 2.97. The van der Waals surface area contributed by atoms with Gasteiger partial charge < -0.3 is 9.64 Å². The average molecular weight is 259 g/mol. The second kappa shape index (κ2) is 4.46. The van der Waals surface area contributed by atoms with E-state index in [4.69, 9.17) is 4.74 Å². The first-order chi connectivity index (χ1) is 8.81. The summed E-state index contributed by atoms with van der Waals surface area (Å²) in [5.74, 6) is -0.247. The molecule has 0 saturated heterocycles. The maximum atomic E-state index is 12.0. The monoisotopic (exact) mass is 259 g/mol. The SMILES string of the molecule is CCOC(=O)C1=C2c3sccc3C=CN2CC=C1. The van der Waals surface area contributed by atoms with E-state index in [1.54, 1.807) is 11.3 Å². The summed E-state index contributed by atoms with van der Waals surface area (Å²) in [4.78, 5) is 15.2. The van der Waals surface area contributed by atoms with Crippen molar-refractivity contribution in [3.8, 4) is 0 Å². The van der Waals surface area contributed by atoms with Gasteiger partial charge in [-0.25, -0.2) is 4.79 Å². The van der Waals surface area contributed by atoms with E-state index in [1.165, 1.54) is 5.56 Å². The molecular weight excluding hydrogens is 246 g/mol. The summed E-state index contributed by atoms with van der Waals surface area (Å²) in [6, 6.07) is 2.07. The van der Waals surface area contributed by atoms with E-state index in [9.17, 15) is 4.79 Å². The van der Waals surface area contributed by atoms with Crippen LogP contribution in [0.1, 0.15) is 17.4 Å². The number of carbonyl (C=O) groups excluding carboxylic acids is 1. The molecule has 0 atom stereocenters. The van der Waals surface area contributed by atoms with Crippen molar-refractivity contribution in [1.82, 2.24) is 4.90 Å². The van der Waals surface area contributed by atoms with Crippen molar-refractivity contribution in [2.24, 2.45) is 0 Å². The minimum Gasteiger partial charge on any atom is -0.462 e. The predicted molar refractivity (Wildman–Crippen MR) is 72.8 cm³/mol. The molecule has 1 aromatic heterocycles. The number of rotatable bonds is 2. The van der Waals surface area contributed by atoms with E-state index in [0.29, 0.717) is 12.2 Å². The number of hydrogen-bond donors (Lipinski definition) is 0. The fraction of sp³-hybridized carbons (Fsp3) is 0.214. The van der Waals surface area contributed by atoms with Crippen molar-refractivity contribution in [3.63, 3.8) is 0 Å². The molecule has 0 N–H and O–H groups in total. The summed E-state index contributed by atoms with van der Waals surface area (Å²) in [6.45, 7) is 3.02. The van der Waals surface area contributed by atoms with E-state index in [0.717, 1.165) is 17.1 Å². The van der Waals surface area contributed by atoms with Gasteiger partial charge in [-0.2, -0.15) is 0 Å². The van der Waals surface area contributed by atoms with Crippen LogP contribution in [0.5, 0.6) is 0 Å². The number of carbonyl (C=O) groups is 1. The van der Waals surface area contributed by atoms with Crippen molar-refractivity contribution < 1.29 is 9.53 Å². The molecule has 0 spiro atoms. The molecule has 2 aliphatic rings. The third-order valence-corrected chi connectivity index (χ3v) is 3.91. The normalized spacial score (nSPS) is 16.6. The van der Waals surface area contributed by atoms with Crippen molar-refractivity contribution in [2.75, 3.05) is 13.2 Å². The summed E-state index contributed by atoms with van der Waals surface area (Å²) in [6.07, 6.45) is 7.95. The van der Waals surface area contributed by atoms with Gasteiger partial charge in [-0.3, -0.25) is 0 Å². The van der Waals surface area contributed by atoms with Gasteiger partial charge in [-0.05, 0) is 36.1 Å². The van der Waals surface area contributed by atoms with E-state index in [1.807, 2.05) is 30.7 Å². The molecule has 2 aliphatic heterocycles. The lowest BCUT2D eigenvalue weighted by molar-refractivity contribution is -0.138. The van der Waals surface area contributed by atoms with Crippen LogP contribution < -0.4 is 0 Å². The predicted octanol–water partition coefficient (Wildman–Crippen LogP) is 2.88. The van der Waals surface area contributed by atoms with E-state index in [2.05, 4.69) is 17.0 Å². The van der Waals surface area contributed by atoms with Gasteiger partial charge in [0.2, 0.25) is 0 Å². The lowest BCUT2D eigenvalue weighted by atomic mass is 10.0. The van der Waals surface area contributed by atoms with Gasteiger partial charge in [0.05, 0.1) is 22.8 Å². The van der Waals surface area contributed by atoms with Gasteiger partial charge in [0, 0.05) is 12.7 Å². The Kier molecular flexibility index (Phi) is 2.80. The van der Waals surface area contributed by atoms with E-state index in [-0.39, 0.29) is 5.97 Å². The van der Waals surface area contributed by atoms with Crippen LogP contribution in [0.25, 0.3) is 11.8 Å². The summed E-state index contributed by atoms with van der Waals surface area (Å²) < 4.78 is 5.13. The largest absolute Gasteiger partial charge is 0.462 e. The number of nitrogens with zero attached hydrogens (tertiary/aromatic N) is 1. The zero-order chi connectivity index (χ0) is 12.5. The molecule has 0 amide bonds. The molecular formula is C14H13NO2S. The molecule has 3 nitrogen and oxygen atoms in total. The van der Waals surface area contributed by atoms with Crippen LogP contribution in [-0.2, 0) is 9.53 Å². The average Bonchev–Trinajstić information content (AvgIpc) is 2.86. The molecule has 18 heavy (non-hydrogen) atoms. The summed E-state index contributed by atoms with van der Waals surface area (Å²) >= 11 is 1.66. The molecule has 0 bridgehead atoms. The minimum absolute atomic E-state index is 0.247. The fourth-order valence-electron chi connectivity index (χ4n) is 2.18. The van der Waals surface area contributed by atoms with E-state index >= 15 is 0 Å². The Bertz CT molecular complexity index is 580. The number of fused-ring (bicyclic) bond motifs is 3. The fourth-order valence-corrected chi connectivity index (χ4v) is 3.15. The van der Waals surface area contributed by atoms with Crippen LogP contribution in [0.2, 0.25) is 0 Å². The van der Waals surface area contributed by atoms with Crippen LogP contribution in [0.3, 0.4) is 0 Å². The molecule has 0 radical (unpaired) electrons. The smallest absolute Gasteiger partial charge is 0.340 e. The minimum atomic E-state index is -0.247. The molecule has 92 valence electrons. The summed E-state index contributed by atoms with van der Waals surface area (Å²) in [5.41, 5.74) is 2.79. The second-order valence-corrected chi connectivity index (χ2v) is 4.97. The Labute approximate surface area is 110 Å². The highest BCUT2D eigenvalue weighted by Crippen LogP contribution is 2.37. The van der Waals surface area contributed by atoms with Crippen molar-refractivity contribution in [3.05, 3.63) is 45.8 Å². The van der Waals surface area contributed by atoms with Gasteiger partial charge in [-0.15, -0.1) is 11.3 Å². The Morgan fingerprint density at radius 3 is 3.22 bits per heavy atom. The Hall–Kier alpha value is -1.81. The maximum Gasteiger partial charge on any atom is 0.340 e. The maximum absolute atomic E-state index is 12.0. The molecule has 3 rings (SSSR count). The van der Waals surface area contributed by atoms with E-state index < -0.39 is 0 Å². The Morgan fingerprint density at radius 2 is 2.39 bits per heavy atom. The van der Waals surface area contributed by atoms with Crippen LogP contribution in [-0.4, -0.2) is 24.0 Å². The van der Waals surface area contributed by atoms with Gasteiger partial charge in [0.1, 0.15) is 0 Å². The zero-order valence-electron chi connectivity index (χ0n) is 10.1. The van der Waals surface area contributed by atoms with Crippen molar-refractivity contribution in [2.45, 2.75) is 6.92 Å². The number of ether oxygens (including phenoxy) is 1. The molecule has 0 fully saturated rings. The number of hydrogen-bond acceptors (Lipinski definition) is 4. The van der Waals surface area contributed by atoms with Crippen molar-refractivity contribution >= 4 is 29.1 Å². The van der Waals surface area contributed by atoms with Gasteiger partial charge in [-0.1, -0.05) is 6.08 Å². The zero-order valence-corrected chi connectivity index (χ0v) is 10.9. The number of thiophene rings is 1. The first-order valence-electron chi connectivity index (χ1n) is 5.92. The van der Waals surface area contributed by atoms with Gasteiger partial charge >= 0.3 is 5.97 Å². The highest BCUT2D eigenvalue weighted by Gasteiger charge is 2.26. The van der Waals surface area contributed by atoms with Gasteiger partial charge in [0.25, 0.3) is 0 Å². The standard InChI is InChI=1S/C14H13NO2S/c1-2-17-14(16)11-4-3-7-15-8-5-10-6-9-18-13(10)12(11)15/h3-6,8-9H,2,7H2,1H3. The van der Waals surface area contributed by atoms with Gasteiger partial charge in [0.15, 0.2) is 0 Å².